The molecule has 1 N–H and O–H groups in total. The van der Waals surface area contributed by atoms with Crippen molar-refractivity contribution in [2.45, 2.75) is 13.3 Å². The standard InChI is InChI=1S/C15H15F2N5O2/c1-8-14(19-20-21(8)2)18-15(24)9-3-13(23)22(7-9)12-5-10(16)4-11(17)6-12/h4-6,9H,3,7H2,1-2H3,(H,18,24). The van der Waals surface area contributed by atoms with Crippen LogP contribution in [0.4, 0.5) is 20.3 Å². The zero-order valence-electron chi connectivity index (χ0n) is 13.1. The van der Waals surface area contributed by atoms with Gasteiger partial charge in [0.05, 0.1) is 11.6 Å². The van der Waals surface area contributed by atoms with Gasteiger partial charge in [0.15, 0.2) is 5.82 Å². The third kappa shape index (κ3) is 2.97. The van der Waals surface area contributed by atoms with Gasteiger partial charge in [-0.25, -0.2) is 8.78 Å². The molecule has 3 rings (SSSR count). The maximum absolute atomic E-state index is 13.3. The summed E-state index contributed by atoms with van der Waals surface area (Å²) in [7, 11) is 1.69. The Morgan fingerprint density at radius 2 is 1.96 bits per heavy atom. The van der Waals surface area contributed by atoms with E-state index < -0.39 is 17.6 Å². The van der Waals surface area contributed by atoms with E-state index in [-0.39, 0.29) is 30.5 Å². The maximum atomic E-state index is 13.3. The van der Waals surface area contributed by atoms with Gasteiger partial charge in [-0.3, -0.25) is 14.3 Å². The minimum atomic E-state index is -0.777. The second-order valence-electron chi connectivity index (χ2n) is 5.67. The molecule has 1 fully saturated rings. The lowest BCUT2D eigenvalue weighted by molar-refractivity contribution is -0.122. The Balaban J connectivity index is 1.74. The summed E-state index contributed by atoms with van der Waals surface area (Å²) in [6, 6.07) is 2.85. The quantitative estimate of drug-likeness (QED) is 0.919. The Labute approximate surface area is 136 Å². The molecule has 7 nitrogen and oxygen atoms in total. The van der Waals surface area contributed by atoms with Gasteiger partial charge in [-0.05, 0) is 19.1 Å². The fourth-order valence-electron chi connectivity index (χ4n) is 2.57. The van der Waals surface area contributed by atoms with E-state index in [0.29, 0.717) is 11.5 Å². The monoisotopic (exact) mass is 335 g/mol. The van der Waals surface area contributed by atoms with Gasteiger partial charge in [0, 0.05) is 31.8 Å². The molecule has 0 bridgehead atoms. The van der Waals surface area contributed by atoms with Gasteiger partial charge in [0.25, 0.3) is 0 Å². The van der Waals surface area contributed by atoms with Crippen molar-refractivity contribution in [2.24, 2.45) is 13.0 Å². The Hall–Kier alpha value is -2.84. The molecule has 2 aromatic rings. The van der Waals surface area contributed by atoms with E-state index >= 15 is 0 Å². The molecule has 1 atom stereocenters. The first-order chi connectivity index (χ1) is 11.3. The molecule has 9 heteroatoms. The van der Waals surface area contributed by atoms with Crippen molar-refractivity contribution in [1.82, 2.24) is 15.0 Å². The van der Waals surface area contributed by atoms with Crippen LogP contribution >= 0.6 is 0 Å². The van der Waals surface area contributed by atoms with Crippen LogP contribution in [0.2, 0.25) is 0 Å². The van der Waals surface area contributed by atoms with Crippen molar-refractivity contribution < 1.29 is 18.4 Å². The highest BCUT2D eigenvalue weighted by Crippen LogP contribution is 2.27. The Bertz CT molecular complexity index is 800. The molecule has 1 saturated heterocycles. The lowest BCUT2D eigenvalue weighted by atomic mass is 10.1. The molecule has 1 unspecified atom stereocenters. The van der Waals surface area contributed by atoms with E-state index in [0.717, 1.165) is 18.2 Å². The first-order valence-corrected chi connectivity index (χ1v) is 7.28. The van der Waals surface area contributed by atoms with Crippen LogP contribution in [0.3, 0.4) is 0 Å². The average Bonchev–Trinajstić information content (AvgIpc) is 3.04. The molecule has 0 aliphatic carbocycles. The summed E-state index contributed by atoms with van der Waals surface area (Å²) < 4.78 is 28.2. The highest BCUT2D eigenvalue weighted by Gasteiger charge is 2.36. The van der Waals surface area contributed by atoms with Gasteiger partial charge in [0.2, 0.25) is 11.8 Å². The van der Waals surface area contributed by atoms with E-state index in [2.05, 4.69) is 15.6 Å². The Morgan fingerprint density at radius 3 is 2.54 bits per heavy atom. The number of aromatic nitrogens is 3. The lowest BCUT2D eigenvalue weighted by Crippen LogP contribution is -2.28. The van der Waals surface area contributed by atoms with Crippen LogP contribution < -0.4 is 10.2 Å². The van der Waals surface area contributed by atoms with Gasteiger partial charge in [-0.1, -0.05) is 5.21 Å². The Morgan fingerprint density at radius 1 is 1.29 bits per heavy atom. The topological polar surface area (TPSA) is 80.1 Å². The number of hydrogen-bond donors (Lipinski definition) is 1. The van der Waals surface area contributed by atoms with Crippen LogP contribution in [0.15, 0.2) is 18.2 Å². The van der Waals surface area contributed by atoms with Crippen molar-refractivity contribution in [3.05, 3.63) is 35.5 Å². The highest BCUT2D eigenvalue weighted by atomic mass is 19.1. The smallest absolute Gasteiger partial charge is 0.231 e. The summed E-state index contributed by atoms with van der Waals surface area (Å²) in [5.74, 6) is -2.61. The van der Waals surface area contributed by atoms with Crippen molar-refractivity contribution in [1.29, 1.82) is 0 Å². The number of carbonyl (C=O) groups is 2. The molecule has 126 valence electrons. The van der Waals surface area contributed by atoms with Crippen LogP contribution in [0.5, 0.6) is 0 Å². The lowest BCUT2D eigenvalue weighted by Gasteiger charge is -2.16. The third-order valence-electron chi connectivity index (χ3n) is 4.00. The van der Waals surface area contributed by atoms with Crippen molar-refractivity contribution in [2.75, 3.05) is 16.8 Å². The molecule has 24 heavy (non-hydrogen) atoms. The van der Waals surface area contributed by atoms with Crippen LogP contribution in [-0.4, -0.2) is 33.4 Å². The van der Waals surface area contributed by atoms with Crippen molar-refractivity contribution in [3.63, 3.8) is 0 Å². The highest BCUT2D eigenvalue weighted by molar-refractivity contribution is 6.03. The van der Waals surface area contributed by atoms with E-state index in [1.807, 2.05) is 0 Å². The van der Waals surface area contributed by atoms with E-state index in [1.165, 1.54) is 9.58 Å². The fourth-order valence-corrected chi connectivity index (χ4v) is 2.57. The molecule has 0 saturated carbocycles. The minimum absolute atomic E-state index is 0.0384. The summed E-state index contributed by atoms with van der Waals surface area (Å²) in [6.07, 6.45) is -0.0384. The van der Waals surface area contributed by atoms with Gasteiger partial charge >= 0.3 is 0 Å². The third-order valence-corrected chi connectivity index (χ3v) is 4.00. The summed E-state index contributed by atoms with van der Waals surface area (Å²) in [6.45, 7) is 1.80. The van der Waals surface area contributed by atoms with Gasteiger partial charge in [0.1, 0.15) is 11.6 Å². The van der Waals surface area contributed by atoms with Crippen molar-refractivity contribution in [3.8, 4) is 0 Å². The molecule has 0 spiro atoms. The molecule has 1 aromatic heterocycles. The molecule has 1 aliphatic rings. The first kappa shape index (κ1) is 16.0. The predicted octanol–water partition coefficient (Wildman–Crippen LogP) is 1.39. The number of halogens is 2. The second kappa shape index (κ2) is 5.99. The van der Waals surface area contributed by atoms with Crippen molar-refractivity contribution >= 4 is 23.3 Å². The first-order valence-electron chi connectivity index (χ1n) is 7.28. The maximum Gasteiger partial charge on any atom is 0.231 e. The molecule has 2 heterocycles. The average molecular weight is 335 g/mol. The number of hydrogen-bond acceptors (Lipinski definition) is 4. The Kier molecular flexibility index (Phi) is 4.00. The summed E-state index contributed by atoms with van der Waals surface area (Å²) in [4.78, 5) is 25.6. The van der Waals surface area contributed by atoms with Crippen LogP contribution in [0.25, 0.3) is 0 Å². The number of nitrogens with one attached hydrogen (secondary N) is 1. The minimum Gasteiger partial charge on any atom is -0.311 e. The van der Waals surface area contributed by atoms with Crippen LogP contribution in [0, 0.1) is 24.5 Å². The SMILES string of the molecule is Cc1c(NC(=O)C2CC(=O)N(c3cc(F)cc(F)c3)C2)nnn1C. The largest absolute Gasteiger partial charge is 0.311 e. The number of amides is 2. The summed E-state index contributed by atoms with van der Waals surface area (Å²) in [5.41, 5.74) is 0.778. The zero-order chi connectivity index (χ0) is 17.4. The normalized spacial score (nSPS) is 17.4. The van der Waals surface area contributed by atoms with Gasteiger partial charge < -0.3 is 10.2 Å². The molecule has 0 radical (unpaired) electrons. The van der Waals surface area contributed by atoms with Gasteiger partial charge in [-0.2, -0.15) is 0 Å². The molecule has 1 aliphatic heterocycles. The van der Waals surface area contributed by atoms with E-state index in [4.69, 9.17) is 0 Å². The summed E-state index contributed by atoms with van der Waals surface area (Å²) in [5, 5.41) is 10.2. The number of anilines is 2. The fraction of sp³-hybridized carbons (Fsp3) is 0.333. The number of aryl methyl sites for hydroxylation is 1. The number of benzene rings is 1. The molecular weight excluding hydrogens is 320 g/mol. The summed E-state index contributed by atoms with van der Waals surface area (Å²) >= 11 is 0. The molecular formula is C15H15F2N5O2. The van der Waals surface area contributed by atoms with Crippen LogP contribution in [-0.2, 0) is 16.6 Å². The zero-order valence-corrected chi connectivity index (χ0v) is 13.1. The van der Waals surface area contributed by atoms with Crippen LogP contribution in [0.1, 0.15) is 12.1 Å². The van der Waals surface area contributed by atoms with E-state index in [9.17, 15) is 18.4 Å². The van der Waals surface area contributed by atoms with Gasteiger partial charge in [-0.15, -0.1) is 5.10 Å². The van der Waals surface area contributed by atoms with E-state index in [1.54, 1.807) is 14.0 Å². The molecule has 1 aromatic carbocycles. The number of carbonyl (C=O) groups excluding carboxylic acids is 2. The number of rotatable bonds is 3. The second-order valence-corrected chi connectivity index (χ2v) is 5.67. The number of nitrogens with zero attached hydrogens (tertiary/aromatic N) is 4. The predicted molar refractivity (Wildman–Crippen MR) is 81.2 cm³/mol. The molecule has 2 amide bonds.